The Morgan fingerprint density at radius 1 is 1.38 bits per heavy atom. The van der Waals surface area contributed by atoms with Crippen molar-refractivity contribution in [1.82, 2.24) is 15.5 Å². The number of aliphatic imine (C=N–C) groups is 1. The molecule has 1 amide bonds. The monoisotopic (exact) mass is 517 g/mol. The lowest BCUT2D eigenvalue weighted by atomic mass is 9.97. The molecule has 2 atom stereocenters. The zero-order chi connectivity index (χ0) is 20.4. The van der Waals surface area contributed by atoms with Gasteiger partial charge in [0, 0.05) is 20.1 Å². The first-order valence-corrected chi connectivity index (χ1v) is 10.2. The summed E-state index contributed by atoms with van der Waals surface area (Å²) in [4.78, 5) is 18.0. The first-order chi connectivity index (χ1) is 13.5. The van der Waals surface area contributed by atoms with Gasteiger partial charge in [-0.1, -0.05) is 18.2 Å². The number of guanidine groups is 1. The molecule has 164 valence electrons. The number of aryl methyl sites for hydroxylation is 1. The highest BCUT2D eigenvalue weighted by Crippen LogP contribution is 2.17. The summed E-state index contributed by atoms with van der Waals surface area (Å²) in [7, 11) is 1.77. The Kier molecular flexibility index (Phi) is 12.0. The van der Waals surface area contributed by atoms with Crippen molar-refractivity contribution >= 4 is 35.8 Å². The van der Waals surface area contributed by atoms with Crippen LogP contribution in [0, 0.1) is 12.8 Å². The van der Waals surface area contributed by atoms with Crippen molar-refractivity contribution in [3.05, 3.63) is 29.8 Å². The molecule has 1 heterocycles. The van der Waals surface area contributed by atoms with Crippen LogP contribution >= 0.6 is 24.0 Å². The number of amides is 1. The largest absolute Gasteiger partial charge is 0.489 e. The van der Waals surface area contributed by atoms with E-state index in [4.69, 9.17) is 10.5 Å². The minimum absolute atomic E-state index is 0. The third-order valence-electron chi connectivity index (χ3n) is 5.05. The summed E-state index contributed by atoms with van der Waals surface area (Å²) in [5, 5.41) is 6.65. The number of carbonyl (C=O) groups excluding carboxylic acids is 1. The molecule has 7 nitrogen and oxygen atoms in total. The van der Waals surface area contributed by atoms with Gasteiger partial charge in [0.25, 0.3) is 0 Å². The van der Waals surface area contributed by atoms with Gasteiger partial charge in [-0.25, -0.2) is 0 Å². The topological polar surface area (TPSA) is 92.0 Å². The van der Waals surface area contributed by atoms with Crippen LogP contribution in [-0.2, 0) is 4.79 Å². The van der Waals surface area contributed by atoms with E-state index < -0.39 is 0 Å². The lowest BCUT2D eigenvalue weighted by Crippen LogP contribution is -2.44. The molecule has 1 aliphatic rings. The van der Waals surface area contributed by atoms with Gasteiger partial charge >= 0.3 is 0 Å². The summed E-state index contributed by atoms with van der Waals surface area (Å²) in [6, 6.07) is 8.03. The minimum Gasteiger partial charge on any atom is -0.489 e. The SMILES string of the molecule is CN=C(NCCCN1CCCC(C(N)=O)C1)NCC(C)Oc1ccccc1C.I. The summed E-state index contributed by atoms with van der Waals surface area (Å²) in [5.74, 6) is 1.52. The highest BCUT2D eigenvalue weighted by atomic mass is 127. The van der Waals surface area contributed by atoms with Gasteiger partial charge in [0.1, 0.15) is 11.9 Å². The average molecular weight is 517 g/mol. The zero-order valence-electron chi connectivity index (χ0n) is 17.8. The van der Waals surface area contributed by atoms with E-state index in [0.717, 1.165) is 62.7 Å². The fourth-order valence-corrected chi connectivity index (χ4v) is 3.41. The second-order valence-electron chi connectivity index (χ2n) is 7.47. The molecular formula is C21H36IN5O2. The van der Waals surface area contributed by atoms with Crippen LogP contribution in [0.2, 0.25) is 0 Å². The van der Waals surface area contributed by atoms with Crippen molar-refractivity contribution in [2.24, 2.45) is 16.6 Å². The van der Waals surface area contributed by atoms with Gasteiger partial charge in [0.15, 0.2) is 5.96 Å². The smallest absolute Gasteiger partial charge is 0.221 e. The molecule has 0 bridgehead atoms. The normalized spacial score (nSPS) is 18.4. The number of carbonyl (C=O) groups is 1. The van der Waals surface area contributed by atoms with E-state index in [0.29, 0.717) is 6.54 Å². The van der Waals surface area contributed by atoms with Crippen LogP contribution in [0.4, 0.5) is 0 Å². The number of benzene rings is 1. The molecule has 0 spiro atoms. The van der Waals surface area contributed by atoms with Crippen LogP contribution in [0.25, 0.3) is 0 Å². The van der Waals surface area contributed by atoms with Crippen LogP contribution in [0.5, 0.6) is 5.75 Å². The second-order valence-corrected chi connectivity index (χ2v) is 7.47. The van der Waals surface area contributed by atoms with E-state index in [-0.39, 0.29) is 41.9 Å². The van der Waals surface area contributed by atoms with Gasteiger partial charge in [0.05, 0.1) is 12.5 Å². The van der Waals surface area contributed by atoms with Crippen molar-refractivity contribution in [3.63, 3.8) is 0 Å². The first-order valence-electron chi connectivity index (χ1n) is 10.2. The molecule has 4 N–H and O–H groups in total. The van der Waals surface area contributed by atoms with E-state index in [1.54, 1.807) is 7.05 Å². The van der Waals surface area contributed by atoms with Crippen LogP contribution in [0.1, 0.15) is 31.7 Å². The molecular weight excluding hydrogens is 481 g/mol. The predicted molar refractivity (Wildman–Crippen MR) is 129 cm³/mol. The number of nitrogens with two attached hydrogens (primary N) is 1. The number of rotatable bonds is 9. The Balaban J connectivity index is 0.00000420. The fraction of sp³-hybridized carbons (Fsp3) is 0.619. The van der Waals surface area contributed by atoms with E-state index in [2.05, 4.69) is 20.5 Å². The summed E-state index contributed by atoms with van der Waals surface area (Å²) in [6.45, 7) is 8.37. The van der Waals surface area contributed by atoms with Crippen molar-refractivity contribution in [2.45, 2.75) is 39.2 Å². The van der Waals surface area contributed by atoms with Crippen molar-refractivity contribution in [3.8, 4) is 5.75 Å². The number of hydrogen-bond acceptors (Lipinski definition) is 4. The van der Waals surface area contributed by atoms with E-state index in [9.17, 15) is 4.79 Å². The van der Waals surface area contributed by atoms with Gasteiger partial charge in [-0.05, 0) is 57.8 Å². The number of hydrogen-bond donors (Lipinski definition) is 3. The summed E-state index contributed by atoms with van der Waals surface area (Å²) in [5.41, 5.74) is 6.58. The summed E-state index contributed by atoms with van der Waals surface area (Å²) in [6.07, 6.45) is 2.98. The molecule has 1 saturated heterocycles. The summed E-state index contributed by atoms with van der Waals surface area (Å²) < 4.78 is 5.98. The lowest BCUT2D eigenvalue weighted by Gasteiger charge is -2.31. The van der Waals surface area contributed by atoms with E-state index in [1.165, 1.54) is 0 Å². The fourth-order valence-electron chi connectivity index (χ4n) is 3.41. The second kappa shape index (κ2) is 13.6. The standard InChI is InChI=1S/C21H35N5O2.HI/c1-16-8-4-5-10-19(16)28-17(2)14-25-21(23-3)24-11-7-13-26-12-6-9-18(15-26)20(22)27;/h4-5,8,10,17-18H,6-7,9,11-15H2,1-3H3,(H2,22,27)(H2,23,24,25);1H. The Morgan fingerprint density at radius 3 is 2.83 bits per heavy atom. The molecule has 1 fully saturated rings. The highest BCUT2D eigenvalue weighted by Gasteiger charge is 2.23. The van der Waals surface area contributed by atoms with Gasteiger partial charge in [-0.3, -0.25) is 9.79 Å². The maximum absolute atomic E-state index is 11.4. The van der Waals surface area contributed by atoms with Gasteiger partial charge < -0.3 is 26.0 Å². The number of piperidine rings is 1. The van der Waals surface area contributed by atoms with Crippen LogP contribution in [-0.4, -0.2) is 62.6 Å². The number of ether oxygens (including phenoxy) is 1. The molecule has 0 aromatic heterocycles. The van der Waals surface area contributed by atoms with Gasteiger partial charge in [0.2, 0.25) is 5.91 Å². The zero-order valence-corrected chi connectivity index (χ0v) is 20.1. The first kappa shape index (κ1) is 25.5. The van der Waals surface area contributed by atoms with Gasteiger partial charge in [-0.2, -0.15) is 0 Å². The number of nitrogens with one attached hydrogen (secondary N) is 2. The molecule has 1 aromatic carbocycles. The lowest BCUT2D eigenvalue weighted by molar-refractivity contribution is -0.123. The quantitative estimate of drug-likeness (QED) is 0.202. The number of likely N-dealkylation sites (tertiary alicyclic amines) is 1. The molecule has 2 unspecified atom stereocenters. The average Bonchev–Trinajstić information content (AvgIpc) is 2.69. The van der Waals surface area contributed by atoms with Crippen LogP contribution in [0.15, 0.2) is 29.3 Å². The van der Waals surface area contributed by atoms with E-state index in [1.807, 2.05) is 38.1 Å². The maximum Gasteiger partial charge on any atom is 0.221 e. The third kappa shape index (κ3) is 9.20. The summed E-state index contributed by atoms with van der Waals surface area (Å²) >= 11 is 0. The molecule has 2 rings (SSSR count). The molecule has 8 heteroatoms. The Morgan fingerprint density at radius 2 is 2.14 bits per heavy atom. The third-order valence-corrected chi connectivity index (χ3v) is 5.05. The van der Waals surface area contributed by atoms with Crippen LogP contribution < -0.4 is 21.1 Å². The predicted octanol–water partition coefficient (Wildman–Crippen LogP) is 2.13. The molecule has 29 heavy (non-hydrogen) atoms. The molecule has 0 aliphatic carbocycles. The Bertz CT molecular complexity index is 656. The number of nitrogens with zero attached hydrogens (tertiary/aromatic N) is 2. The van der Waals surface area contributed by atoms with Crippen molar-refractivity contribution < 1.29 is 9.53 Å². The Hall–Kier alpha value is -1.55. The number of primary amides is 1. The molecule has 1 aromatic rings. The molecule has 0 radical (unpaired) electrons. The Labute approximate surface area is 191 Å². The van der Waals surface area contributed by atoms with Crippen LogP contribution in [0.3, 0.4) is 0 Å². The van der Waals surface area contributed by atoms with Crippen molar-refractivity contribution in [2.75, 3.05) is 39.8 Å². The maximum atomic E-state index is 11.4. The highest BCUT2D eigenvalue weighted by molar-refractivity contribution is 14.0. The number of para-hydroxylation sites is 1. The molecule has 0 saturated carbocycles. The van der Waals surface area contributed by atoms with E-state index >= 15 is 0 Å². The molecule has 1 aliphatic heterocycles. The van der Waals surface area contributed by atoms with Crippen molar-refractivity contribution in [1.29, 1.82) is 0 Å². The number of halogens is 1. The van der Waals surface area contributed by atoms with Gasteiger partial charge in [-0.15, -0.1) is 24.0 Å². The minimum atomic E-state index is -0.172.